The third-order valence-corrected chi connectivity index (χ3v) is 3.10. The number of aromatic nitrogens is 2. The van der Waals surface area contributed by atoms with Crippen molar-refractivity contribution in [2.24, 2.45) is 0 Å². The van der Waals surface area contributed by atoms with Gasteiger partial charge in [0.25, 0.3) is 0 Å². The van der Waals surface area contributed by atoms with E-state index in [1.807, 2.05) is 36.2 Å². The molecule has 19 heavy (non-hydrogen) atoms. The number of nitrogens with two attached hydrogens (primary N) is 1. The van der Waals surface area contributed by atoms with Crippen LogP contribution in [0.1, 0.15) is 12.5 Å². The van der Waals surface area contributed by atoms with Gasteiger partial charge in [-0.25, -0.2) is 0 Å². The van der Waals surface area contributed by atoms with Gasteiger partial charge in [-0.15, -0.1) is 0 Å². The van der Waals surface area contributed by atoms with Crippen LogP contribution in [0.4, 0.5) is 12.0 Å². The normalized spacial score (nSPS) is 12.2. The van der Waals surface area contributed by atoms with Crippen LogP contribution in [0.5, 0.6) is 5.75 Å². The van der Waals surface area contributed by atoms with E-state index in [0.29, 0.717) is 6.01 Å². The first-order chi connectivity index (χ1) is 9.11. The van der Waals surface area contributed by atoms with Crippen molar-refractivity contribution in [3.05, 3.63) is 29.8 Å². The summed E-state index contributed by atoms with van der Waals surface area (Å²) in [6.07, 6.45) is 0.808. The molecule has 1 unspecified atom stereocenters. The lowest BCUT2D eigenvalue weighted by molar-refractivity contribution is 0.407. The molecule has 2 rings (SSSR count). The fraction of sp³-hybridized carbons (Fsp3) is 0.385. The average molecular weight is 262 g/mol. The Labute approximate surface area is 112 Å². The second kappa shape index (κ2) is 5.60. The van der Waals surface area contributed by atoms with Gasteiger partial charge in [-0.2, -0.15) is 0 Å². The van der Waals surface area contributed by atoms with Crippen LogP contribution < -0.4 is 15.4 Å². The molecular formula is C13H18N4O2. The third kappa shape index (κ3) is 2.96. The summed E-state index contributed by atoms with van der Waals surface area (Å²) in [4.78, 5) is 1.90. The second-order valence-electron chi connectivity index (χ2n) is 4.40. The van der Waals surface area contributed by atoms with E-state index in [-0.39, 0.29) is 12.1 Å². The number of nitrogens with zero attached hydrogens (tertiary/aromatic N) is 3. The molecule has 6 heteroatoms. The molecule has 0 aliphatic carbocycles. The Morgan fingerprint density at radius 3 is 2.74 bits per heavy atom. The van der Waals surface area contributed by atoms with Crippen molar-refractivity contribution in [3.63, 3.8) is 0 Å². The molecule has 2 aromatic rings. The lowest BCUT2D eigenvalue weighted by atomic mass is 10.1. The van der Waals surface area contributed by atoms with Gasteiger partial charge in [0.05, 0.1) is 7.11 Å². The van der Waals surface area contributed by atoms with Crippen LogP contribution in [0.3, 0.4) is 0 Å². The van der Waals surface area contributed by atoms with Gasteiger partial charge >= 0.3 is 12.0 Å². The molecule has 102 valence electrons. The van der Waals surface area contributed by atoms with Gasteiger partial charge in [0, 0.05) is 13.1 Å². The van der Waals surface area contributed by atoms with Gasteiger partial charge in [-0.3, -0.25) is 0 Å². The van der Waals surface area contributed by atoms with Crippen molar-refractivity contribution >= 4 is 12.0 Å². The number of ether oxygens (including phenoxy) is 1. The fourth-order valence-electron chi connectivity index (χ4n) is 1.88. The van der Waals surface area contributed by atoms with Crippen LogP contribution in [0, 0.1) is 0 Å². The Kier molecular flexibility index (Phi) is 3.89. The summed E-state index contributed by atoms with van der Waals surface area (Å²) in [5.74, 6) is 0.882. The maximum Gasteiger partial charge on any atom is 0.319 e. The molecule has 0 spiro atoms. The molecule has 1 atom stereocenters. The molecule has 0 fully saturated rings. The molecule has 0 saturated heterocycles. The van der Waals surface area contributed by atoms with E-state index in [4.69, 9.17) is 14.9 Å². The molecule has 0 aliphatic rings. The SMILES string of the molecule is COc1ccccc1CC(C)N(C)c1nnc(N)o1. The van der Waals surface area contributed by atoms with E-state index in [2.05, 4.69) is 17.1 Å². The summed E-state index contributed by atoms with van der Waals surface area (Å²) < 4.78 is 10.6. The number of hydrogen-bond donors (Lipinski definition) is 1. The second-order valence-corrected chi connectivity index (χ2v) is 4.40. The first-order valence-corrected chi connectivity index (χ1v) is 6.05. The van der Waals surface area contributed by atoms with Crippen molar-refractivity contribution in [1.82, 2.24) is 10.2 Å². The molecule has 6 nitrogen and oxygen atoms in total. The summed E-state index contributed by atoms with van der Waals surface area (Å²) in [6, 6.07) is 8.62. The quantitative estimate of drug-likeness (QED) is 0.884. The number of nitrogen functional groups attached to an aromatic ring is 1. The molecule has 1 aromatic heterocycles. The molecule has 0 bridgehead atoms. The molecular weight excluding hydrogens is 244 g/mol. The van der Waals surface area contributed by atoms with Gasteiger partial charge in [-0.05, 0) is 25.0 Å². The highest BCUT2D eigenvalue weighted by atomic mass is 16.5. The minimum Gasteiger partial charge on any atom is -0.496 e. The lowest BCUT2D eigenvalue weighted by Crippen LogP contribution is -2.31. The maximum absolute atomic E-state index is 5.43. The Bertz CT molecular complexity index is 541. The zero-order valence-corrected chi connectivity index (χ0v) is 11.3. The molecule has 0 saturated carbocycles. The monoisotopic (exact) mass is 262 g/mol. The van der Waals surface area contributed by atoms with Crippen molar-refractivity contribution in [3.8, 4) is 5.75 Å². The van der Waals surface area contributed by atoms with Crippen LogP contribution in [0.25, 0.3) is 0 Å². The van der Waals surface area contributed by atoms with E-state index in [0.717, 1.165) is 17.7 Å². The van der Waals surface area contributed by atoms with E-state index in [9.17, 15) is 0 Å². The van der Waals surface area contributed by atoms with Crippen molar-refractivity contribution in [2.75, 3.05) is 24.8 Å². The maximum atomic E-state index is 5.43. The lowest BCUT2D eigenvalue weighted by Gasteiger charge is -2.23. The Morgan fingerprint density at radius 1 is 1.37 bits per heavy atom. The van der Waals surface area contributed by atoms with Crippen LogP contribution in [0.15, 0.2) is 28.7 Å². The van der Waals surface area contributed by atoms with Gasteiger partial charge in [0.15, 0.2) is 0 Å². The first kappa shape index (κ1) is 13.2. The van der Waals surface area contributed by atoms with E-state index in [1.165, 1.54) is 0 Å². The minimum atomic E-state index is 0.0753. The van der Waals surface area contributed by atoms with Crippen molar-refractivity contribution in [2.45, 2.75) is 19.4 Å². The summed E-state index contributed by atoms with van der Waals surface area (Å²) in [7, 11) is 3.57. The smallest absolute Gasteiger partial charge is 0.319 e. The van der Waals surface area contributed by atoms with Crippen LogP contribution in [0.2, 0.25) is 0 Å². The number of anilines is 2. The average Bonchev–Trinajstić information content (AvgIpc) is 2.85. The Hall–Kier alpha value is -2.24. The number of hydrogen-bond acceptors (Lipinski definition) is 6. The number of rotatable bonds is 5. The molecule has 1 aromatic carbocycles. The van der Waals surface area contributed by atoms with Gasteiger partial charge in [0.2, 0.25) is 0 Å². The standard InChI is InChI=1S/C13H18N4O2/c1-9(17(2)13-16-15-12(14)19-13)8-10-6-4-5-7-11(10)18-3/h4-7,9H,8H2,1-3H3,(H2,14,15). The van der Waals surface area contributed by atoms with E-state index in [1.54, 1.807) is 7.11 Å². The number of benzene rings is 1. The third-order valence-electron chi connectivity index (χ3n) is 3.10. The minimum absolute atomic E-state index is 0.0753. The van der Waals surface area contributed by atoms with Crippen molar-refractivity contribution in [1.29, 1.82) is 0 Å². The number of likely N-dealkylation sites (N-methyl/N-ethyl adjacent to an activating group) is 1. The highest BCUT2D eigenvalue weighted by Crippen LogP contribution is 2.22. The van der Waals surface area contributed by atoms with Crippen LogP contribution >= 0.6 is 0 Å². The van der Waals surface area contributed by atoms with Gasteiger partial charge < -0.3 is 19.8 Å². The molecule has 1 heterocycles. The predicted octanol–water partition coefficient (Wildman–Crippen LogP) is 1.73. The van der Waals surface area contributed by atoms with Crippen molar-refractivity contribution < 1.29 is 9.15 Å². The largest absolute Gasteiger partial charge is 0.496 e. The molecule has 2 N–H and O–H groups in total. The van der Waals surface area contributed by atoms with Gasteiger partial charge in [0.1, 0.15) is 5.75 Å². The fourth-order valence-corrected chi connectivity index (χ4v) is 1.88. The highest BCUT2D eigenvalue weighted by Gasteiger charge is 2.17. The van der Waals surface area contributed by atoms with E-state index >= 15 is 0 Å². The van der Waals surface area contributed by atoms with Crippen LogP contribution in [-0.2, 0) is 6.42 Å². The van der Waals surface area contributed by atoms with E-state index < -0.39 is 0 Å². The Morgan fingerprint density at radius 2 is 2.11 bits per heavy atom. The number of methoxy groups -OCH3 is 1. The topological polar surface area (TPSA) is 77.4 Å². The zero-order chi connectivity index (χ0) is 13.8. The summed E-state index contributed by atoms with van der Waals surface area (Å²) in [5.41, 5.74) is 6.56. The van der Waals surface area contributed by atoms with Gasteiger partial charge in [-0.1, -0.05) is 28.4 Å². The first-order valence-electron chi connectivity index (χ1n) is 6.05. The highest BCUT2D eigenvalue weighted by molar-refractivity contribution is 5.36. The molecule has 0 radical (unpaired) electrons. The molecule has 0 amide bonds. The summed E-state index contributed by atoms with van der Waals surface area (Å²) >= 11 is 0. The summed E-state index contributed by atoms with van der Waals surface area (Å²) in [5, 5.41) is 7.53. The van der Waals surface area contributed by atoms with Crippen LogP contribution in [-0.4, -0.2) is 30.4 Å². The number of para-hydroxylation sites is 1. The Balaban J connectivity index is 2.10. The predicted molar refractivity (Wildman–Crippen MR) is 73.3 cm³/mol. The zero-order valence-electron chi connectivity index (χ0n) is 11.3. The summed E-state index contributed by atoms with van der Waals surface area (Å²) in [6.45, 7) is 2.08. The molecule has 0 aliphatic heterocycles.